The minimum Gasteiger partial charge on any atom is -0.493 e. The second kappa shape index (κ2) is 8.80. The molecule has 0 spiro atoms. The van der Waals surface area contributed by atoms with Crippen LogP contribution in [0.2, 0.25) is 0 Å². The Kier molecular flexibility index (Phi) is 6.10. The molecule has 2 unspecified atom stereocenters. The Hall–Kier alpha value is -2.72. The number of hydrogen-bond acceptors (Lipinski definition) is 5. The fourth-order valence-electron chi connectivity index (χ4n) is 4.06. The van der Waals surface area contributed by atoms with E-state index in [9.17, 15) is 23.1 Å². The summed E-state index contributed by atoms with van der Waals surface area (Å²) < 4.78 is 40.3. The maximum Gasteiger partial charge on any atom is 0.446 e. The maximum atomic E-state index is 13.3. The number of aromatic nitrogens is 3. The highest BCUT2D eigenvalue weighted by Gasteiger charge is 2.31. The van der Waals surface area contributed by atoms with Gasteiger partial charge >= 0.3 is 11.2 Å². The lowest BCUT2D eigenvalue weighted by atomic mass is 9.87. The van der Waals surface area contributed by atoms with Crippen molar-refractivity contribution in [3.05, 3.63) is 71.0 Å². The number of alkyl halides is 3. The Balaban J connectivity index is 1.73. The van der Waals surface area contributed by atoms with E-state index in [1.54, 1.807) is 12.4 Å². The molecule has 1 fully saturated rings. The number of piperidine rings is 1. The molecule has 164 valence electrons. The normalized spacial score (nSPS) is 18.1. The van der Waals surface area contributed by atoms with Gasteiger partial charge in [0.05, 0.1) is 17.9 Å². The number of benzene rings is 1. The number of halogens is 3. The molecule has 0 radical (unpaired) electrons. The minimum atomic E-state index is -4.39. The lowest BCUT2D eigenvalue weighted by molar-refractivity contribution is -0.0328. The highest BCUT2D eigenvalue weighted by Crippen LogP contribution is 2.37. The van der Waals surface area contributed by atoms with Gasteiger partial charge in [-0.2, -0.15) is 13.2 Å². The van der Waals surface area contributed by atoms with Crippen LogP contribution in [0.25, 0.3) is 5.69 Å². The largest absolute Gasteiger partial charge is 0.493 e. The highest BCUT2D eigenvalue weighted by atomic mass is 32.2. The van der Waals surface area contributed by atoms with Gasteiger partial charge in [0, 0.05) is 23.8 Å². The molecule has 31 heavy (non-hydrogen) atoms. The van der Waals surface area contributed by atoms with E-state index in [1.165, 1.54) is 35.0 Å². The third-order valence-electron chi connectivity index (χ3n) is 5.35. The number of nitrogens with one attached hydrogen (secondary N) is 1. The van der Waals surface area contributed by atoms with Crippen molar-refractivity contribution < 1.29 is 18.3 Å². The van der Waals surface area contributed by atoms with Gasteiger partial charge in [0.1, 0.15) is 0 Å². The summed E-state index contributed by atoms with van der Waals surface area (Å²) in [5.41, 5.74) is -3.65. The molecule has 6 nitrogen and oxygen atoms in total. The van der Waals surface area contributed by atoms with Crippen LogP contribution in [0.3, 0.4) is 0 Å². The van der Waals surface area contributed by atoms with Crippen LogP contribution < -0.4 is 11.0 Å². The fraction of sp³-hybridized carbons (Fsp3) is 0.333. The molecule has 1 saturated heterocycles. The molecule has 0 amide bonds. The SMILES string of the molecule is O=c1n(C(c2ccncc2)C2CCCNC2)cc(O)n1-c1ccc(SC(F)(F)F)cc1. The van der Waals surface area contributed by atoms with Gasteiger partial charge in [0.15, 0.2) is 0 Å². The highest BCUT2D eigenvalue weighted by molar-refractivity contribution is 8.00. The van der Waals surface area contributed by atoms with Crippen molar-refractivity contribution >= 4 is 11.8 Å². The van der Waals surface area contributed by atoms with Crippen LogP contribution in [-0.4, -0.2) is 37.8 Å². The molecule has 4 rings (SSSR count). The Bertz CT molecular complexity index is 1070. The van der Waals surface area contributed by atoms with E-state index in [1.807, 2.05) is 12.1 Å². The van der Waals surface area contributed by atoms with Gasteiger partial charge in [-0.1, -0.05) is 0 Å². The predicted molar refractivity (Wildman–Crippen MR) is 112 cm³/mol. The van der Waals surface area contributed by atoms with Gasteiger partial charge in [-0.05, 0) is 79.0 Å². The van der Waals surface area contributed by atoms with Crippen molar-refractivity contribution in [2.75, 3.05) is 13.1 Å². The maximum absolute atomic E-state index is 13.3. The van der Waals surface area contributed by atoms with Crippen LogP contribution >= 0.6 is 11.8 Å². The van der Waals surface area contributed by atoms with Crippen molar-refractivity contribution in [2.24, 2.45) is 5.92 Å². The van der Waals surface area contributed by atoms with Crippen LogP contribution in [0, 0.1) is 5.92 Å². The molecule has 0 bridgehead atoms. The summed E-state index contributed by atoms with van der Waals surface area (Å²) in [7, 11) is 0. The molecule has 2 aromatic heterocycles. The molecule has 3 aromatic rings. The van der Waals surface area contributed by atoms with Gasteiger partial charge in [-0.25, -0.2) is 9.36 Å². The fourth-order valence-corrected chi connectivity index (χ4v) is 4.60. The monoisotopic (exact) mass is 450 g/mol. The molecular weight excluding hydrogens is 429 g/mol. The molecule has 2 N–H and O–H groups in total. The standard InChI is InChI=1S/C21H21F3N4O2S/c22-21(23,24)31-17-5-3-16(4-6-17)28-18(29)13-27(20(28)30)19(14-7-10-25-11-8-14)15-2-1-9-26-12-15/h3-8,10-11,13,15,19,26,29H,1-2,9,12H2. The molecular formula is C21H21F3N4O2S. The first kappa shape index (κ1) is 21.5. The number of rotatable bonds is 5. The number of hydrogen-bond donors (Lipinski definition) is 2. The van der Waals surface area contributed by atoms with Crippen molar-refractivity contribution in [1.82, 2.24) is 19.4 Å². The quantitative estimate of drug-likeness (QED) is 0.576. The molecule has 1 aromatic carbocycles. The lowest BCUT2D eigenvalue weighted by Gasteiger charge is -2.31. The van der Waals surface area contributed by atoms with Crippen LogP contribution in [0.4, 0.5) is 13.2 Å². The lowest BCUT2D eigenvalue weighted by Crippen LogP contribution is -2.39. The van der Waals surface area contributed by atoms with Gasteiger partial charge in [-0.15, -0.1) is 0 Å². The molecule has 0 saturated carbocycles. The van der Waals surface area contributed by atoms with E-state index >= 15 is 0 Å². The molecule has 10 heteroatoms. The van der Waals surface area contributed by atoms with Crippen molar-refractivity contribution in [1.29, 1.82) is 0 Å². The summed E-state index contributed by atoms with van der Waals surface area (Å²) in [6.07, 6.45) is 6.61. The van der Waals surface area contributed by atoms with E-state index in [0.717, 1.165) is 36.1 Å². The molecule has 1 aliphatic rings. The van der Waals surface area contributed by atoms with E-state index in [2.05, 4.69) is 10.3 Å². The number of thioether (sulfide) groups is 1. The summed E-state index contributed by atoms with van der Waals surface area (Å²) in [6, 6.07) is 8.73. The Morgan fingerprint density at radius 2 is 1.87 bits per heavy atom. The van der Waals surface area contributed by atoms with E-state index in [-0.39, 0.29) is 34.5 Å². The summed E-state index contributed by atoms with van der Waals surface area (Å²) >= 11 is -0.229. The Morgan fingerprint density at radius 3 is 2.48 bits per heavy atom. The smallest absolute Gasteiger partial charge is 0.446 e. The number of imidazole rings is 1. The first-order valence-electron chi connectivity index (χ1n) is 9.83. The topological polar surface area (TPSA) is 72.1 Å². The first-order valence-corrected chi connectivity index (χ1v) is 10.6. The van der Waals surface area contributed by atoms with Gasteiger partial charge < -0.3 is 10.4 Å². The Morgan fingerprint density at radius 1 is 1.16 bits per heavy atom. The van der Waals surface area contributed by atoms with Gasteiger partial charge in [0.2, 0.25) is 5.88 Å². The molecule has 0 aliphatic carbocycles. The van der Waals surface area contributed by atoms with E-state index in [4.69, 9.17) is 0 Å². The number of pyridine rings is 1. The van der Waals surface area contributed by atoms with Crippen molar-refractivity contribution in [3.8, 4) is 11.6 Å². The van der Waals surface area contributed by atoms with Gasteiger partial charge in [0.25, 0.3) is 0 Å². The zero-order chi connectivity index (χ0) is 22.0. The van der Waals surface area contributed by atoms with Gasteiger partial charge in [-0.3, -0.25) is 9.55 Å². The van der Waals surface area contributed by atoms with Crippen molar-refractivity contribution in [3.63, 3.8) is 0 Å². The minimum absolute atomic E-state index is 0.00571. The summed E-state index contributed by atoms with van der Waals surface area (Å²) in [4.78, 5) is 17.4. The van der Waals surface area contributed by atoms with Crippen LogP contribution in [-0.2, 0) is 0 Å². The average Bonchev–Trinajstić information content (AvgIpc) is 3.03. The van der Waals surface area contributed by atoms with E-state index in [0.29, 0.717) is 5.69 Å². The van der Waals surface area contributed by atoms with Crippen LogP contribution in [0.1, 0.15) is 24.4 Å². The van der Waals surface area contributed by atoms with Crippen LogP contribution in [0.5, 0.6) is 5.88 Å². The summed E-state index contributed by atoms with van der Waals surface area (Å²) in [5.74, 6) is -0.140. The zero-order valence-electron chi connectivity index (χ0n) is 16.4. The average molecular weight is 450 g/mol. The molecule has 3 heterocycles. The third-order valence-corrected chi connectivity index (χ3v) is 6.09. The number of aromatic hydroxyl groups is 1. The van der Waals surface area contributed by atoms with Crippen LogP contribution in [0.15, 0.2) is 64.7 Å². The second-order valence-electron chi connectivity index (χ2n) is 7.39. The molecule has 1 aliphatic heterocycles. The van der Waals surface area contributed by atoms with Crippen molar-refractivity contribution in [2.45, 2.75) is 29.3 Å². The second-order valence-corrected chi connectivity index (χ2v) is 8.52. The Labute approximate surface area is 180 Å². The first-order chi connectivity index (χ1) is 14.8. The summed E-state index contributed by atoms with van der Waals surface area (Å²) in [5, 5.41) is 13.9. The van der Waals surface area contributed by atoms with E-state index < -0.39 is 11.2 Å². The molecule has 2 atom stereocenters. The summed E-state index contributed by atoms with van der Waals surface area (Å²) in [6.45, 7) is 1.65. The number of nitrogens with zero attached hydrogens (tertiary/aromatic N) is 3. The third kappa shape index (κ3) is 4.80. The zero-order valence-corrected chi connectivity index (χ0v) is 17.2. The predicted octanol–water partition coefficient (Wildman–Crippen LogP) is 3.94.